The third kappa shape index (κ3) is 6.60. The van der Waals surface area contributed by atoms with Crippen LogP contribution in [0.25, 0.3) is 0 Å². The lowest BCUT2D eigenvalue weighted by Crippen LogP contribution is -2.46. The minimum absolute atomic E-state index is 0.216. The predicted octanol–water partition coefficient (Wildman–Crippen LogP) is 3.24. The molecule has 1 aromatic heterocycles. The second-order valence-electron chi connectivity index (χ2n) is 7.24. The fourth-order valence-electron chi connectivity index (χ4n) is 3.01. The molecule has 1 fully saturated rings. The summed E-state index contributed by atoms with van der Waals surface area (Å²) in [6, 6.07) is 0.216. The van der Waals surface area contributed by atoms with Gasteiger partial charge in [-0.05, 0) is 39.5 Å². The highest BCUT2D eigenvalue weighted by atomic mass is 16.6. The molecular weight excluding hydrogens is 294 g/mol. The van der Waals surface area contributed by atoms with E-state index < -0.39 is 5.60 Å². The Balaban J connectivity index is 1.86. The number of carbonyl (C=O) groups excluding carboxylic acids is 1. The minimum atomic E-state index is -0.475. The first-order valence-corrected chi connectivity index (χ1v) is 8.51. The molecule has 6 nitrogen and oxygen atoms in total. The smallest absolute Gasteiger partial charge is 0.407 e. The number of aromatic nitrogens is 1. The maximum absolute atomic E-state index is 11.9. The van der Waals surface area contributed by atoms with Crippen molar-refractivity contribution in [1.82, 2.24) is 15.6 Å². The Kier molecular flexibility index (Phi) is 6.45. The first kappa shape index (κ1) is 17.8. The van der Waals surface area contributed by atoms with Gasteiger partial charge in [0, 0.05) is 12.6 Å². The van der Waals surface area contributed by atoms with Crippen molar-refractivity contribution in [1.29, 1.82) is 0 Å². The lowest BCUT2D eigenvalue weighted by atomic mass is 9.84. The minimum Gasteiger partial charge on any atom is -0.447 e. The molecule has 130 valence electrons. The van der Waals surface area contributed by atoms with Crippen molar-refractivity contribution >= 4 is 6.09 Å². The molecule has 0 aliphatic heterocycles. The van der Waals surface area contributed by atoms with E-state index in [2.05, 4.69) is 15.6 Å². The highest BCUT2D eigenvalue weighted by Crippen LogP contribution is 2.26. The molecule has 1 unspecified atom stereocenters. The molecule has 1 atom stereocenters. The van der Waals surface area contributed by atoms with Crippen LogP contribution in [-0.2, 0) is 11.3 Å². The van der Waals surface area contributed by atoms with E-state index in [1.54, 1.807) is 6.20 Å². The molecule has 2 N–H and O–H groups in total. The second kappa shape index (κ2) is 8.34. The quantitative estimate of drug-likeness (QED) is 0.840. The average molecular weight is 323 g/mol. The zero-order valence-electron chi connectivity index (χ0n) is 14.4. The second-order valence-corrected chi connectivity index (χ2v) is 7.24. The fourth-order valence-corrected chi connectivity index (χ4v) is 3.01. The molecule has 2 rings (SSSR count). The van der Waals surface area contributed by atoms with E-state index in [9.17, 15) is 4.79 Å². The Bertz CT molecular complexity index is 462. The van der Waals surface area contributed by atoms with Gasteiger partial charge in [-0.15, -0.1) is 0 Å². The SMILES string of the molecule is CC(C)(C)OC(=O)NCC(NCc1cnco1)C1CCCCC1. The Morgan fingerprint density at radius 2 is 2.13 bits per heavy atom. The Morgan fingerprint density at radius 3 is 2.74 bits per heavy atom. The third-order valence-electron chi connectivity index (χ3n) is 4.11. The first-order valence-electron chi connectivity index (χ1n) is 8.51. The molecular formula is C17H29N3O3. The van der Waals surface area contributed by atoms with E-state index in [1.807, 2.05) is 20.8 Å². The topological polar surface area (TPSA) is 76.4 Å². The van der Waals surface area contributed by atoms with E-state index in [0.717, 1.165) is 5.76 Å². The molecule has 0 radical (unpaired) electrons. The largest absolute Gasteiger partial charge is 0.447 e. The van der Waals surface area contributed by atoms with E-state index >= 15 is 0 Å². The summed E-state index contributed by atoms with van der Waals surface area (Å²) in [5, 5.41) is 6.40. The van der Waals surface area contributed by atoms with E-state index in [-0.39, 0.29) is 12.1 Å². The van der Waals surface area contributed by atoms with Gasteiger partial charge in [-0.3, -0.25) is 0 Å². The van der Waals surface area contributed by atoms with Crippen LogP contribution in [0.3, 0.4) is 0 Å². The predicted molar refractivity (Wildman–Crippen MR) is 87.9 cm³/mol. The van der Waals surface area contributed by atoms with Gasteiger partial charge in [0.2, 0.25) is 0 Å². The van der Waals surface area contributed by atoms with Crippen molar-refractivity contribution in [3.63, 3.8) is 0 Å². The number of rotatable bonds is 6. The summed E-state index contributed by atoms with van der Waals surface area (Å²) in [4.78, 5) is 15.8. The number of oxazole rings is 1. The van der Waals surface area contributed by atoms with Gasteiger partial charge in [0.25, 0.3) is 0 Å². The Morgan fingerprint density at radius 1 is 1.39 bits per heavy atom. The molecule has 1 aliphatic rings. The van der Waals surface area contributed by atoms with Crippen molar-refractivity contribution in [2.24, 2.45) is 5.92 Å². The van der Waals surface area contributed by atoms with Crippen LogP contribution in [0.5, 0.6) is 0 Å². The number of nitrogens with one attached hydrogen (secondary N) is 2. The number of ether oxygens (including phenoxy) is 1. The molecule has 23 heavy (non-hydrogen) atoms. The normalized spacial score (nSPS) is 17.7. The van der Waals surface area contributed by atoms with Crippen molar-refractivity contribution in [2.45, 2.75) is 71.1 Å². The molecule has 1 aromatic rings. The summed E-state index contributed by atoms with van der Waals surface area (Å²) in [6.07, 6.45) is 9.02. The van der Waals surface area contributed by atoms with Gasteiger partial charge in [-0.25, -0.2) is 9.78 Å². The molecule has 0 bridgehead atoms. The van der Waals surface area contributed by atoms with Crippen molar-refractivity contribution in [2.75, 3.05) is 6.54 Å². The van der Waals surface area contributed by atoms with E-state index in [0.29, 0.717) is 19.0 Å². The van der Waals surface area contributed by atoms with Gasteiger partial charge < -0.3 is 19.8 Å². The van der Waals surface area contributed by atoms with E-state index in [1.165, 1.54) is 38.5 Å². The zero-order valence-corrected chi connectivity index (χ0v) is 14.4. The molecule has 6 heteroatoms. The van der Waals surface area contributed by atoms with E-state index in [4.69, 9.17) is 9.15 Å². The number of alkyl carbamates (subject to hydrolysis) is 1. The van der Waals surface area contributed by atoms with Crippen LogP contribution in [-0.4, -0.2) is 29.3 Å². The standard InChI is InChI=1S/C17H29N3O3/c1-17(2,3)23-16(21)20-11-15(13-7-5-4-6-8-13)19-10-14-9-18-12-22-14/h9,12-13,15,19H,4-8,10-11H2,1-3H3,(H,20,21). The van der Waals surface area contributed by atoms with Crippen LogP contribution >= 0.6 is 0 Å². The number of hydrogen-bond donors (Lipinski definition) is 2. The molecule has 0 spiro atoms. The van der Waals surface area contributed by atoms with Gasteiger partial charge in [-0.2, -0.15) is 0 Å². The lowest BCUT2D eigenvalue weighted by molar-refractivity contribution is 0.0515. The number of hydrogen-bond acceptors (Lipinski definition) is 5. The lowest BCUT2D eigenvalue weighted by Gasteiger charge is -2.31. The molecule has 1 heterocycles. The van der Waals surface area contributed by atoms with Gasteiger partial charge in [0.05, 0.1) is 12.7 Å². The molecule has 1 amide bonds. The van der Waals surface area contributed by atoms with Crippen LogP contribution in [0.1, 0.15) is 58.6 Å². The molecule has 0 aromatic carbocycles. The third-order valence-corrected chi connectivity index (χ3v) is 4.11. The number of amides is 1. The maximum atomic E-state index is 11.9. The summed E-state index contributed by atoms with van der Waals surface area (Å²) >= 11 is 0. The van der Waals surface area contributed by atoms with Crippen LogP contribution in [0.15, 0.2) is 17.0 Å². The van der Waals surface area contributed by atoms with Gasteiger partial charge >= 0.3 is 6.09 Å². The van der Waals surface area contributed by atoms with Crippen LogP contribution in [0.2, 0.25) is 0 Å². The van der Waals surface area contributed by atoms with Gasteiger partial charge in [0.1, 0.15) is 11.4 Å². The monoisotopic (exact) mass is 323 g/mol. The summed E-state index contributed by atoms with van der Waals surface area (Å²) in [5.74, 6) is 1.38. The van der Waals surface area contributed by atoms with Crippen molar-refractivity contribution in [3.8, 4) is 0 Å². The number of carbonyl (C=O) groups is 1. The van der Waals surface area contributed by atoms with Crippen LogP contribution in [0, 0.1) is 5.92 Å². The maximum Gasteiger partial charge on any atom is 0.407 e. The van der Waals surface area contributed by atoms with Crippen LogP contribution < -0.4 is 10.6 Å². The van der Waals surface area contributed by atoms with Crippen molar-refractivity contribution < 1.29 is 13.9 Å². The first-order chi connectivity index (χ1) is 10.9. The average Bonchev–Trinajstić information content (AvgIpc) is 3.00. The van der Waals surface area contributed by atoms with Gasteiger partial charge in [0.15, 0.2) is 6.39 Å². The van der Waals surface area contributed by atoms with Gasteiger partial charge in [-0.1, -0.05) is 19.3 Å². The zero-order chi connectivity index (χ0) is 16.7. The summed E-state index contributed by atoms with van der Waals surface area (Å²) in [7, 11) is 0. The van der Waals surface area contributed by atoms with Crippen LogP contribution in [0.4, 0.5) is 4.79 Å². The molecule has 1 saturated carbocycles. The Labute approximate surface area is 138 Å². The summed E-state index contributed by atoms with van der Waals surface area (Å²) in [5.41, 5.74) is -0.475. The molecule has 0 saturated heterocycles. The molecule has 1 aliphatic carbocycles. The highest BCUT2D eigenvalue weighted by molar-refractivity contribution is 5.67. The highest BCUT2D eigenvalue weighted by Gasteiger charge is 2.25. The van der Waals surface area contributed by atoms with Crippen molar-refractivity contribution in [3.05, 3.63) is 18.4 Å². The Hall–Kier alpha value is -1.56. The number of nitrogens with zero attached hydrogens (tertiary/aromatic N) is 1. The fraction of sp³-hybridized carbons (Fsp3) is 0.765. The summed E-state index contributed by atoms with van der Waals surface area (Å²) in [6.45, 7) is 6.79. The summed E-state index contributed by atoms with van der Waals surface area (Å²) < 4.78 is 10.6.